The number of benzene rings is 2. The normalized spacial score (nSPS) is 12.6. The van der Waals surface area contributed by atoms with Gasteiger partial charge in [-0.15, -0.1) is 0 Å². The van der Waals surface area contributed by atoms with Crippen molar-refractivity contribution < 1.29 is 9.31 Å². The van der Waals surface area contributed by atoms with Crippen molar-refractivity contribution in [2.24, 2.45) is 0 Å². The van der Waals surface area contributed by atoms with E-state index in [4.69, 9.17) is 0 Å². The summed E-state index contributed by atoms with van der Waals surface area (Å²) in [6, 6.07) is 9.41. The first-order valence-electron chi connectivity index (χ1n) is 6.67. The summed E-state index contributed by atoms with van der Waals surface area (Å²) in [7, 11) is 0. The van der Waals surface area contributed by atoms with Crippen LogP contribution in [-0.2, 0) is 13.0 Å². The average Bonchev–Trinajstić information content (AvgIpc) is 2.93. The van der Waals surface area contributed by atoms with Crippen LogP contribution >= 0.6 is 0 Å². The third-order valence-corrected chi connectivity index (χ3v) is 3.54. The van der Waals surface area contributed by atoms with E-state index in [-0.39, 0.29) is 11.5 Å². The Morgan fingerprint density at radius 1 is 1.33 bits per heavy atom. The molecular formula is C15H14FN3O2. The Hall–Kier alpha value is -2.63. The molecule has 0 atom stereocenters. The van der Waals surface area contributed by atoms with Crippen molar-refractivity contribution in [3.63, 3.8) is 0 Å². The molecule has 2 aromatic rings. The van der Waals surface area contributed by atoms with E-state index in [2.05, 4.69) is 10.6 Å². The Labute approximate surface area is 120 Å². The zero-order valence-corrected chi connectivity index (χ0v) is 11.2. The molecule has 1 aliphatic heterocycles. The molecule has 0 saturated heterocycles. The zero-order chi connectivity index (χ0) is 14.8. The molecule has 1 heterocycles. The summed E-state index contributed by atoms with van der Waals surface area (Å²) in [5.74, 6) is -0.316. The van der Waals surface area contributed by atoms with Crippen molar-refractivity contribution in [1.29, 1.82) is 0 Å². The largest absolute Gasteiger partial charge is 0.384 e. The second-order valence-electron chi connectivity index (χ2n) is 4.90. The van der Waals surface area contributed by atoms with E-state index in [0.29, 0.717) is 12.2 Å². The summed E-state index contributed by atoms with van der Waals surface area (Å²) in [4.78, 5) is 10.8. The molecule has 0 aromatic heterocycles. The Bertz CT molecular complexity index is 703. The van der Waals surface area contributed by atoms with Gasteiger partial charge in [-0.25, -0.2) is 4.39 Å². The molecule has 0 aliphatic carbocycles. The minimum Gasteiger partial charge on any atom is -0.384 e. The lowest BCUT2D eigenvalue weighted by Gasteiger charge is -2.11. The maximum absolute atomic E-state index is 13.2. The van der Waals surface area contributed by atoms with Gasteiger partial charge in [-0.1, -0.05) is 12.1 Å². The highest BCUT2D eigenvalue weighted by Gasteiger charge is 2.23. The van der Waals surface area contributed by atoms with Crippen LogP contribution in [0.2, 0.25) is 0 Å². The standard InChI is InChI=1S/C15H14FN3O2/c16-11-3-1-2-10(8-11)9-18-15-12-6-7-17-13(12)4-5-14(15)19(20)21/h1-5,8,17-18H,6-7,9H2. The molecule has 5 nitrogen and oxygen atoms in total. The van der Waals surface area contributed by atoms with Gasteiger partial charge in [0.25, 0.3) is 5.69 Å². The van der Waals surface area contributed by atoms with Crippen LogP contribution in [0.25, 0.3) is 0 Å². The van der Waals surface area contributed by atoms with Crippen LogP contribution in [0.3, 0.4) is 0 Å². The molecular weight excluding hydrogens is 273 g/mol. The maximum atomic E-state index is 13.2. The molecule has 6 heteroatoms. The molecule has 0 radical (unpaired) electrons. The lowest BCUT2D eigenvalue weighted by Crippen LogP contribution is -2.05. The van der Waals surface area contributed by atoms with Gasteiger partial charge in [0.2, 0.25) is 0 Å². The van der Waals surface area contributed by atoms with Gasteiger partial charge in [-0.05, 0) is 30.2 Å². The molecule has 0 amide bonds. The van der Waals surface area contributed by atoms with Crippen LogP contribution in [0.15, 0.2) is 36.4 Å². The van der Waals surface area contributed by atoms with Crippen molar-refractivity contribution in [2.45, 2.75) is 13.0 Å². The first kappa shape index (κ1) is 13.4. The Balaban J connectivity index is 1.90. The summed E-state index contributed by atoms with van der Waals surface area (Å²) in [6.45, 7) is 1.11. The van der Waals surface area contributed by atoms with Crippen LogP contribution < -0.4 is 10.6 Å². The highest BCUT2D eigenvalue weighted by molar-refractivity contribution is 5.77. The topological polar surface area (TPSA) is 67.2 Å². The lowest BCUT2D eigenvalue weighted by atomic mass is 10.1. The lowest BCUT2D eigenvalue weighted by molar-refractivity contribution is -0.384. The Kier molecular flexibility index (Phi) is 3.43. The Morgan fingerprint density at radius 3 is 2.95 bits per heavy atom. The van der Waals surface area contributed by atoms with Crippen LogP contribution in [0.1, 0.15) is 11.1 Å². The molecule has 3 rings (SSSR count). The minimum atomic E-state index is -0.396. The Morgan fingerprint density at radius 2 is 2.19 bits per heavy atom. The number of fused-ring (bicyclic) bond motifs is 1. The number of nitro groups is 1. The second kappa shape index (κ2) is 5.40. The molecule has 108 valence electrons. The monoisotopic (exact) mass is 287 g/mol. The van der Waals surface area contributed by atoms with Crippen LogP contribution in [0.4, 0.5) is 21.5 Å². The van der Waals surface area contributed by atoms with E-state index in [0.717, 1.165) is 29.8 Å². The molecule has 0 saturated carbocycles. The molecule has 0 spiro atoms. The molecule has 0 fully saturated rings. The number of hydrogen-bond acceptors (Lipinski definition) is 4. The SMILES string of the molecule is O=[N+]([O-])c1ccc2c(c1NCc1cccc(F)c1)CCN2. The fraction of sp³-hybridized carbons (Fsp3) is 0.200. The smallest absolute Gasteiger partial charge is 0.292 e. The van der Waals surface area contributed by atoms with Crippen LogP contribution in [0, 0.1) is 15.9 Å². The van der Waals surface area contributed by atoms with E-state index in [9.17, 15) is 14.5 Å². The van der Waals surface area contributed by atoms with Gasteiger partial charge < -0.3 is 10.6 Å². The highest BCUT2D eigenvalue weighted by atomic mass is 19.1. The third-order valence-electron chi connectivity index (χ3n) is 3.54. The number of nitrogens with one attached hydrogen (secondary N) is 2. The maximum Gasteiger partial charge on any atom is 0.292 e. The number of rotatable bonds is 4. The van der Waals surface area contributed by atoms with Gasteiger partial charge in [0.05, 0.1) is 4.92 Å². The highest BCUT2D eigenvalue weighted by Crippen LogP contribution is 2.37. The van der Waals surface area contributed by atoms with E-state index >= 15 is 0 Å². The molecule has 1 aliphatic rings. The van der Waals surface area contributed by atoms with Crippen molar-refractivity contribution in [3.05, 3.63) is 63.5 Å². The predicted molar refractivity (Wildman–Crippen MR) is 79.0 cm³/mol. The van der Waals surface area contributed by atoms with E-state index in [1.165, 1.54) is 18.2 Å². The van der Waals surface area contributed by atoms with Crippen molar-refractivity contribution in [1.82, 2.24) is 0 Å². The van der Waals surface area contributed by atoms with Crippen molar-refractivity contribution >= 4 is 17.1 Å². The van der Waals surface area contributed by atoms with E-state index in [1.807, 2.05) is 0 Å². The summed E-state index contributed by atoms with van der Waals surface area (Å²) in [5, 5.41) is 17.5. The molecule has 2 aromatic carbocycles. The first-order chi connectivity index (χ1) is 10.1. The van der Waals surface area contributed by atoms with Crippen molar-refractivity contribution in [2.75, 3.05) is 17.2 Å². The minimum absolute atomic E-state index is 0.0499. The van der Waals surface area contributed by atoms with Gasteiger partial charge in [0.15, 0.2) is 0 Å². The number of nitro benzene ring substituents is 1. The number of anilines is 2. The molecule has 0 bridgehead atoms. The van der Waals surface area contributed by atoms with E-state index < -0.39 is 4.92 Å². The van der Waals surface area contributed by atoms with Gasteiger partial charge in [0, 0.05) is 30.4 Å². The van der Waals surface area contributed by atoms with Gasteiger partial charge in [-0.2, -0.15) is 0 Å². The molecule has 21 heavy (non-hydrogen) atoms. The van der Waals surface area contributed by atoms with Crippen LogP contribution in [-0.4, -0.2) is 11.5 Å². The van der Waals surface area contributed by atoms with Crippen LogP contribution in [0.5, 0.6) is 0 Å². The summed E-state index contributed by atoms with van der Waals surface area (Å²) in [5.41, 5.74) is 3.15. The predicted octanol–water partition coefficient (Wildman–Crippen LogP) is 3.31. The second-order valence-corrected chi connectivity index (χ2v) is 4.90. The van der Waals surface area contributed by atoms with Gasteiger partial charge >= 0.3 is 0 Å². The summed E-state index contributed by atoms with van der Waals surface area (Å²) in [6.07, 6.45) is 0.739. The number of hydrogen-bond donors (Lipinski definition) is 2. The van der Waals surface area contributed by atoms with Gasteiger partial charge in [0.1, 0.15) is 11.5 Å². The zero-order valence-electron chi connectivity index (χ0n) is 11.2. The number of nitrogens with zero attached hydrogens (tertiary/aromatic N) is 1. The molecule has 0 unspecified atom stereocenters. The fourth-order valence-corrected chi connectivity index (χ4v) is 2.57. The third kappa shape index (κ3) is 2.65. The molecule has 2 N–H and O–H groups in total. The quantitative estimate of drug-likeness (QED) is 0.668. The van der Waals surface area contributed by atoms with E-state index in [1.54, 1.807) is 18.2 Å². The van der Waals surface area contributed by atoms with Gasteiger partial charge in [-0.3, -0.25) is 10.1 Å². The van der Waals surface area contributed by atoms with Crippen molar-refractivity contribution in [3.8, 4) is 0 Å². The fourth-order valence-electron chi connectivity index (χ4n) is 2.57. The summed E-state index contributed by atoms with van der Waals surface area (Å²) < 4.78 is 13.2. The summed E-state index contributed by atoms with van der Waals surface area (Å²) >= 11 is 0. The first-order valence-corrected chi connectivity index (χ1v) is 6.67. The number of halogens is 1. The average molecular weight is 287 g/mol.